The molecule has 0 aliphatic heterocycles. The van der Waals surface area contributed by atoms with Crippen molar-refractivity contribution in [1.82, 2.24) is 4.90 Å². The van der Waals surface area contributed by atoms with E-state index in [0.29, 0.717) is 11.1 Å². The van der Waals surface area contributed by atoms with E-state index in [0.717, 1.165) is 11.0 Å². The summed E-state index contributed by atoms with van der Waals surface area (Å²) in [6.07, 6.45) is 0. The van der Waals surface area contributed by atoms with E-state index in [1.165, 1.54) is 0 Å². The minimum absolute atomic E-state index is 0.101. The molecule has 0 fully saturated rings. The number of carbonyl (C=O) groups excluding carboxylic acids is 1. The van der Waals surface area contributed by atoms with Crippen LogP contribution in [0.25, 0.3) is 11.0 Å². The summed E-state index contributed by atoms with van der Waals surface area (Å²) >= 11 is 3.42. The van der Waals surface area contributed by atoms with Gasteiger partial charge in [0.2, 0.25) is 0 Å². The number of alkyl halides is 1. The van der Waals surface area contributed by atoms with Gasteiger partial charge < -0.3 is 9.32 Å². The van der Waals surface area contributed by atoms with Gasteiger partial charge >= 0.3 is 0 Å². The van der Waals surface area contributed by atoms with E-state index in [9.17, 15) is 4.79 Å². The molecule has 0 aliphatic rings. The van der Waals surface area contributed by atoms with Gasteiger partial charge in [-0.15, -0.1) is 0 Å². The number of rotatable bonds is 3. The van der Waals surface area contributed by atoms with E-state index in [2.05, 4.69) is 15.9 Å². The first-order valence-corrected chi connectivity index (χ1v) is 6.90. The molecule has 2 rings (SSSR count). The molecular formula is C14H16BrNO2. The Morgan fingerprint density at radius 2 is 2.06 bits per heavy atom. The van der Waals surface area contributed by atoms with Crippen LogP contribution in [0, 0.1) is 0 Å². The van der Waals surface area contributed by atoms with Crippen molar-refractivity contribution >= 4 is 32.8 Å². The smallest absolute Gasteiger partial charge is 0.289 e. The SMILES string of the molecule is CN(C(=O)c1cc2ccccc2o1)C(C)(C)CBr. The van der Waals surface area contributed by atoms with Gasteiger partial charge in [0.1, 0.15) is 5.58 Å². The average Bonchev–Trinajstić information content (AvgIpc) is 2.80. The van der Waals surface area contributed by atoms with Crippen LogP contribution >= 0.6 is 15.9 Å². The van der Waals surface area contributed by atoms with Crippen molar-refractivity contribution < 1.29 is 9.21 Å². The van der Waals surface area contributed by atoms with E-state index in [1.807, 2.05) is 38.1 Å². The Morgan fingerprint density at radius 1 is 1.39 bits per heavy atom. The summed E-state index contributed by atoms with van der Waals surface area (Å²) in [5.74, 6) is 0.281. The van der Waals surface area contributed by atoms with Crippen molar-refractivity contribution in [2.24, 2.45) is 0 Å². The van der Waals surface area contributed by atoms with Gasteiger partial charge in [0.25, 0.3) is 5.91 Å². The van der Waals surface area contributed by atoms with Crippen LogP contribution in [0.5, 0.6) is 0 Å². The summed E-state index contributed by atoms with van der Waals surface area (Å²) < 4.78 is 5.58. The minimum Gasteiger partial charge on any atom is -0.451 e. The third kappa shape index (κ3) is 2.29. The topological polar surface area (TPSA) is 33.5 Å². The number of benzene rings is 1. The maximum atomic E-state index is 12.3. The number of para-hydroxylation sites is 1. The molecule has 0 N–H and O–H groups in total. The molecule has 1 amide bonds. The van der Waals surface area contributed by atoms with Crippen molar-refractivity contribution in [1.29, 1.82) is 0 Å². The first kappa shape index (κ1) is 13.1. The summed E-state index contributed by atoms with van der Waals surface area (Å²) in [5, 5.41) is 1.66. The van der Waals surface area contributed by atoms with Crippen LogP contribution in [0.15, 0.2) is 34.7 Å². The van der Waals surface area contributed by atoms with Gasteiger partial charge in [0.05, 0.1) is 0 Å². The van der Waals surface area contributed by atoms with Gasteiger partial charge in [-0.2, -0.15) is 0 Å². The summed E-state index contributed by atoms with van der Waals surface area (Å²) in [5.41, 5.74) is 0.488. The van der Waals surface area contributed by atoms with E-state index in [-0.39, 0.29) is 11.4 Å². The largest absolute Gasteiger partial charge is 0.451 e. The fourth-order valence-corrected chi connectivity index (χ4v) is 1.99. The fourth-order valence-electron chi connectivity index (χ4n) is 1.62. The molecule has 0 unspecified atom stereocenters. The van der Waals surface area contributed by atoms with E-state index >= 15 is 0 Å². The van der Waals surface area contributed by atoms with Crippen molar-refractivity contribution in [2.75, 3.05) is 12.4 Å². The second kappa shape index (κ2) is 4.76. The molecule has 0 atom stereocenters. The normalized spacial score (nSPS) is 11.8. The number of furan rings is 1. The van der Waals surface area contributed by atoms with Crippen molar-refractivity contribution in [3.8, 4) is 0 Å². The second-order valence-corrected chi connectivity index (χ2v) is 5.52. The summed E-state index contributed by atoms with van der Waals surface area (Å²) in [4.78, 5) is 14.0. The van der Waals surface area contributed by atoms with Crippen LogP contribution in [-0.4, -0.2) is 28.7 Å². The first-order valence-electron chi connectivity index (χ1n) is 5.78. The van der Waals surface area contributed by atoms with E-state index in [4.69, 9.17) is 4.42 Å². The molecule has 1 aromatic carbocycles. The average molecular weight is 310 g/mol. The van der Waals surface area contributed by atoms with Crippen molar-refractivity contribution in [3.05, 3.63) is 36.1 Å². The van der Waals surface area contributed by atoms with Gasteiger partial charge in [0.15, 0.2) is 5.76 Å². The van der Waals surface area contributed by atoms with Crippen LogP contribution in [0.3, 0.4) is 0 Å². The van der Waals surface area contributed by atoms with E-state index in [1.54, 1.807) is 18.0 Å². The number of fused-ring (bicyclic) bond motifs is 1. The van der Waals surface area contributed by atoms with Crippen LogP contribution in [0.2, 0.25) is 0 Å². The Kier molecular flexibility index (Phi) is 3.48. The highest BCUT2D eigenvalue weighted by molar-refractivity contribution is 9.09. The Bertz CT molecular complexity index is 541. The molecule has 0 spiro atoms. The highest BCUT2D eigenvalue weighted by atomic mass is 79.9. The first-order chi connectivity index (χ1) is 8.45. The highest BCUT2D eigenvalue weighted by Crippen LogP contribution is 2.23. The molecule has 1 aromatic heterocycles. The predicted octanol–water partition coefficient (Wildman–Crippen LogP) is 3.68. The monoisotopic (exact) mass is 309 g/mol. The van der Waals surface area contributed by atoms with Gasteiger partial charge in [-0.05, 0) is 26.0 Å². The third-order valence-corrected chi connectivity index (χ3v) is 4.55. The zero-order valence-corrected chi connectivity index (χ0v) is 12.3. The second-order valence-electron chi connectivity index (χ2n) is 4.96. The number of hydrogen-bond donors (Lipinski definition) is 0. The number of hydrogen-bond acceptors (Lipinski definition) is 2. The molecule has 3 nitrogen and oxygen atoms in total. The molecule has 96 valence electrons. The maximum Gasteiger partial charge on any atom is 0.289 e. The van der Waals surface area contributed by atoms with Crippen LogP contribution in [0.1, 0.15) is 24.4 Å². The maximum absolute atomic E-state index is 12.3. The Hall–Kier alpha value is -1.29. The minimum atomic E-state index is -0.254. The fraction of sp³-hybridized carbons (Fsp3) is 0.357. The molecule has 1 heterocycles. The van der Waals surface area contributed by atoms with Gasteiger partial charge in [-0.25, -0.2) is 0 Å². The number of nitrogens with zero attached hydrogens (tertiary/aromatic N) is 1. The molecule has 2 aromatic rings. The lowest BCUT2D eigenvalue weighted by molar-refractivity contribution is 0.0633. The molecular weight excluding hydrogens is 294 g/mol. The standard InChI is InChI=1S/C14H16BrNO2/c1-14(2,9-15)16(3)13(17)12-8-10-6-4-5-7-11(10)18-12/h4-8H,9H2,1-3H3. The predicted molar refractivity (Wildman–Crippen MR) is 76.2 cm³/mol. The summed E-state index contributed by atoms with van der Waals surface area (Å²) in [6.45, 7) is 4.00. The quantitative estimate of drug-likeness (QED) is 0.810. The van der Waals surface area contributed by atoms with Crippen molar-refractivity contribution in [2.45, 2.75) is 19.4 Å². The Balaban J connectivity index is 2.34. The molecule has 0 saturated heterocycles. The zero-order valence-electron chi connectivity index (χ0n) is 10.7. The summed E-state index contributed by atoms with van der Waals surface area (Å²) in [7, 11) is 1.79. The van der Waals surface area contributed by atoms with Gasteiger partial charge in [0, 0.05) is 23.3 Å². The molecule has 0 radical (unpaired) electrons. The lowest BCUT2D eigenvalue weighted by atomic mass is 10.1. The summed E-state index contributed by atoms with van der Waals surface area (Å²) in [6, 6.07) is 9.41. The van der Waals surface area contributed by atoms with Crippen LogP contribution in [0.4, 0.5) is 0 Å². The highest BCUT2D eigenvalue weighted by Gasteiger charge is 2.29. The van der Waals surface area contributed by atoms with Gasteiger partial charge in [-0.1, -0.05) is 34.1 Å². The van der Waals surface area contributed by atoms with Gasteiger partial charge in [-0.3, -0.25) is 4.79 Å². The molecule has 4 heteroatoms. The van der Waals surface area contributed by atoms with Crippen LogP contribution < -0.4 is 0 Å². The van der Waals surface area contributed by atoms with Crippen molar-refractivity contribution in [3.63, 3.8) is 0 Å². The third-order valence-electron chi connectivity index (χ3n) is 3.18. The molecule has 18 heavy (non-hydrogen) atoms. The zero-order chi connectivity index (χ0) is 13.3. The number of amides is 1. The Labute approximate surface area is 115 Å². The van der Waals surface area contributed by atoms with Crippen LogP contribution in [-0.2, 0) is 0 Å². The lowest BCUT2D eigenvalue weighted by Crippen LogP contribution is -2.46. The molecule has 0 saturated carbocycles. The molecule has 0 bridgehead atoms. The van der Waals surface area contributed by atoms with E-state index < -0.39 is 0 Å². The Morgan fingerprint density at radius 3 is 2.67 bits per heavy atom. The number of carbonyl (C=O) groups is 1. The number of halogens is 1. The lowest BCUT2D eigenvalue weighted by Gasteiger charge is -2.33. The molecule has 0 aliphatic carbocycles.